The predicted octanol–water partition coefficient (Wildman–Crippen LogP) is 2.71. The van der Waals surface area contributed by atoms with E-state index in [0.717, 1.165) is 11.3 Å². The van der Waals surface area contributed by atoms with Gasteiger partial charge in [-0.1, -0.05) is 18.5 Å². The Labute approximate surface area is 132 Å². The van der Waals surface area contributed by atoms with E-state index >= 15 is 0 Å². The van der Waals surface area contributed by atoms with Gasteiger partial charge < -0.3 is 0 Å². The van der Waals surface area contributed by atoms with Crippen molar-refractivity contribution in [2.45, 2.75) is 24.8 Å². The molecular formula is C13H12ClN3O2S2. The Morgan fingerprint density at radius 3 is 2.81 bits per heavy atom. The average molecular weight is 342 g/mol. The first kappa shape index (κ1) is 15.9. The van der Waals surface area contributed by atoms with Crippen molar-refractivity contribution in [3.05, 3.63) is 44.9 Å². The first-order chi connectivity index (χ1) is 9.96. The second-order valence-corrected chi connectivity index (χ2v) is 7.50. The summed E-state index contributed by atoms with van der Waals surface area (Å²) in [5.74, 6) is 0. The van der Waals surface area contributed by atoms with Crippen LogP contribution in [-0.4, -0.2) is 13.4 Å². The Balaban J connectivity index is 2.17. The van der Waals surface area contributed by atoms with Gasteiger partial charge in [-0.05, 0) is 24.6 Å². The first-order valence-electron chi connectivity index (χ1n) is 6.09. The summed E-state index contributed by atoms with van der Waals surface area (Å²) in [6.07, 6.45) is 2.61. The molecule has 0 aliphatic carbocycles. The van der Waals surface area contributed by atoms with E-state index in [1.54, 1.807) is 6.20 Å². The molecule has 0 amide bonds. The zero-order valence-corrected chi connectivity index (χ0v) is 13.5. The van der Waals surface area contributed by atoms with Crippen molar-refractivity contribution in [2.75, 3.05) is 0 Å². The molecule has 5 nitrogen and oxygen atoms in total. The van der Waals surface area contributed by atoms with Gasteiger partial charge in [0.2, 0.25) is 10.0 Å². The van der Waals surface area contributed by atoms with Crippen molar-refractivity contribution >= 4 is 33.0 Å². The van der Waals surface area contributed by atoms with Gasteiger partial charge in [0.15, 0.2) is 0 Å². The number of benzene rings is 1. The molecule has 0 spiro atoms. The molecule has 2 aromatic rings. The molecule has 1 N–H and O–H groups in total. The third kappa shape index (κ3) is 3.80. The van der Waals surface area contributed by atoms with E-state index in [9.17, 15) is 8.42 Å². The van der Waals surface area contributed by atoms with Gasteiger partial charge in [0.05, 0.1) is 23.2 Å². The molecule has 1 aromatic heterocycles. The van der Waals surface area contributed by atoms with Crippen molar-refractivity contribution in [1.82, 2.24) is 9.71 Å². The van der Waals surface area contributed by atoms with Crippen molar-refractivity contribution in [2.24, 2.45) is 0 Å². The Kier molecular flexibility index (Phi) is 4.96. The fourth-order valence-corrected chi connectivity index (χ4v) is 4.04. The highest BCUT2D eigenvalue weighted by molar-refractivity contribution is 7.89. The van der Waals surface area contributed by atoms with Crippen molar-refractivity contribution < 1.29 is 8.42 Å². The van der Waals surface area contributed by atoms with Crippen LogP contribution in [0.25, 0.3) is 0 Å². The molecule has 110 valence electrons. The largest absolute Gasteiger partial charge is 0.248 e. The quantitative estimate of drug-likeness (QED) is 0.906. The molecule has 8 heteroatoms. The van der Waals surface area contributed by atoms with Crippen molar-refractivity contribution in [1.29, 1.82) is 5.26 Å². The highest BCUT2D eigenvalue weighted by Gasteiger charge is 2.18. The van der Waals surface area contributed by atoms with Crippen LogP contribution >= 0.6 is 22.9 Å². The van der Waals surface area contributed by atoms with Crippen molar-refractivity contribution in [3.63, 3.8) is 0 Å². The summed E-state index contributed by atoms with van der Waals surface area (Å²) in [4.78, 5) is 5.20. The van der Waals surface area contributed by atoms with Crippen LogP contribution in [0, 0.1) is 11.3 Å². The molecule has 0 aliphatic heterocycles. The second kappa shape index (κ2) is 6.54. The smallest absolute Gasteiger partial charge is 0.242 e. The number of aromatic nitrogens is 1. The molecule has 21 heavy (non-hydrogen) atoms. The van der Waals surface area contributed by atoms with Crippen LogP contribution in [0.4, 0.5) is 0 Å². The first-order valence-corrected chi connectivity index (χ1v) is 8.77. The average Bonchev–Trinajstić information content (AvgIpc) is 2.93. The maximum atomic E-state index is 12.2. The van der Waals surface area contributed by atoms with Gasteiger partial charge in [0, 0.05) is 11.1 Å². The minimum atomic E-state index is -3.74. The molecule has 1 aromatic carbocycles. The van der Waals surface area contributed by atoms with Crippen LogP contribution in [-0.2, 0) is 23.0 Å². The summed E-state index contributed by atoms with van der Waals surface area (Å²) in [5.41, 5.74) is 0.312. The fourth-order valence-electron chi connectivity index (χ4n) is 1.62. The number of hydrogen-bond acceptors (Lipinski definition) is 5. The van der Waals surface area contributed by atoms with E-state index < -0.39 is 10.0 Å². The highest BCUT2D eigenvalue weighted by Crippen LogP contribution is 2.23. The van der Waals surface area contributed by atoms with E-state index in [-0.39, 0.29) is 16.5 Å². The maximum Gasteiger partial charge on any atom is 0.242 e. The van der Waals surface area contributed by atoms with Gasteiger partial charge in [0.1, 0.15) is 9.90 Å². The number of nitriles is 1. The number of hydrogen-bond donors (Lipinski definition) is 1. The van der Waals surface area contributed by atoms with Gasteiger partial charge in [-0.25, -0.2) is 18.1 Å². The number of nitrogens with one attached hydrogen (secondary N) is 1. The SMILES string of the molecule is CCc1cnc(CNS(=O)(=O)c2ccc(C#N)cc2Cl)s1. The normalized spacial score (nSPS) is 11.3. The van der Waals surface area contributed by atoms with Gasteiger partial charge in [-0.3, -0.25) is 0 Å². The number of nitrogens with zero attached hydrogens (tertiary/aromatic N) is 2. The summed E-state index contributed by atoms with van der Waals surface area (Å²) >= 11 is 7.38. The predicted molar refractivity (Wildman–Crippen MR) is 81.7 cm³/mol. The lowest BCUT2D eigenvalue weighted by Crippen LogP contribution is -2.23. The standard InChI is InChI=1S/C13H12ClN3O2S2/c1-2-10-7-16-13(20-10)8-17-21(18,19)12-4-3-9(6-15)5-11(12)14/h3-5,7,17H,2,8H2,1H3. The van der Waals surface area contributed by atoms with Gasteiger partial charge >= 0.3 is 0 Å². The Morgan fingerprint density at radius 2 is 2.24 bits per heavy atom. The van der Waals surface area contributed by atoms with Crippen LogP contribution in [0.15, 0.2) is 29.3 Å². The summed E-state index contributed by atoms with van der Waals surface area (Å²) in [7, 11) is -3.74. The molecule has 0 radical (unpaired) electrons. The van der Waals surface area contributed by atoms with Crippen molar-refractivity contribution in [3.8, 4) is 6.07 Å². The zero-order chi connectivity index (χ0) is 15.5. The molecule has 1 heterocycles. The molecule has 0 saturated carbocycles. The van der Waals surface area contributed by atoms with Crippen LogP contribution in [0.1, 0.15) is 22.4 Å². The second-order valence-electron chi connectivity index (χ2n) is 4.16. The third-order valence-corrected chi connectivity index (χ3v) is 5.74. The van der Waals surface area contributed by atoms with Gasteiger partial charge in [-0.15, -0.1) is 11.3 Å². The molecule has 0 saturated heterocycles. The summed E-state index contributed by atoms with van der Waals surface area (Å²) in [6, 6.07) is 5.97. The van der Waals surface area contributed by atoms with E-state index in [0.29, 0.717) is 10.6 Å². The zero-order valence-electron chi connectivity index (χ0n) is 11.1. The number of halogens is 1. The Bertz CT molecular complexity index is 794. The third-order valence-electron chi connectivity index (χ3n) is 2.71. The molecular weight excluding hydrogens is 330 g/mol. The van der Waals surface area contributed by atoms with E-state index in [1.165, 1.54) is 29.5 Å². The minimum Gasteiger partial charge on any atom is -0.248 e. The number of rotatable bonds is 5. The number of sulfonamides is 1. The number of aryl methyl sites for hydroxylation is 1. The van der Waals surface area contributed by atoms with E-state index in [4.69, 9.17) is 16.9 Å². The molecule has 2 rings (SSSR count). The topological polar surface area (TPSA) is 82.8 Å². The van der Waals surface area contributed by atoms with E-state index in [1.807, 2.05) is 13.0 Å². The fraction of sp³-hybridized carbons (Fsp3) is 0.231. The summed E-state index contributed by atoms with van der Waals surface area (Å²) in [6.45, 7) is 2.13. The van der Waals surface area contributed by atoms with E-state index in [2.05, 4.69) is 9.71 Å². The molecule has 0 bridgehead atoms. The summed E-state index contributed by atoms with van der Waals surface area (Å²) in [5, 5.41) is 9.47. The monoisotopic (exact) mass is 341 g/mol. The lowest BCUT2D eigenvalue weighted by Gasteiger charge is -2.07. The minimum absolute atomic E-state index is 0.0231. The van der Waals surface area contributed by atoms with Crippen LogP contribution < -0.4 is 4.72 Å². The van der Waals surface area contributed by atoms with Crippen LogP contribution in [0.5, 0.6) is 0 Å². The van der Waals surface area contributed by atoms with Crippen LogP contribution in [0.2, 0.25) is 5.02 Å². The number of thiazole rings is 1. The highest BCUT2D eigenvalue weighted by atomic mass is 35.5. The molecule has 0 aliphatic rings. The van der Waals surface area contributed by atoms with Gasteiger partial charge in [0.25, 0.3) is 0 Å². The van der Waals surface area contributed by atoms with Crippen LogP contribution in [0.3, 0.4) is 0 Å². The lowest BCUT2D eigenvalue weighted by molar-refractivity contribution is 0.581. The summed E-state index contributed by atoms with van der Waals surface area (Å²) < 4.78 is 26.9. The molecule has 0 atom stereocenters. The molecule has 0 unspecified atom stereocenters. The Hall–Kier alpha value is -1.46. The maximum absolute atomic E-state index is 12.2. The lowest BCUT2D eigenvalue weighted by atomic mass is 10.2. The molecule has 0 fully saturated rings. The Morgan fingerprint density at radius 1 is 1.48 bits per heavy atom. The van der Waals surface area contributed by atoms with Gasteiger partial charge in [-0.2, -0.15) is 5.26 Å².